The summed E-state index contributed by atoms with van der Waals surface area (Å²) in [6, 6.07) is 39.4. The first-order valence-corrected chi connectivity index (χ1v) is 24.5. The van der Waals surface area contributed by atoms with Crippen LogP contribution in [0.4, 0.5) is 70.3 Å². The van der Waals surface area contributed by atoms with E-state index in [1.807, 2.05) is 176 Å². The fourth-order valence-electron chi connectivity index (χ4n) is 8.34. The Labute approximate surface area is 441 Å². The standard InChI is InChI=1S/2C28H30N10/c2*1-19-16-21(3)38(28-33-26(35-37(28)5)31-23-14-10-7-11-15-23)24(17-19)18-20(2)29-27-32-25(34-36(27)4)30-22-12-8-6-9-13-22/h2*6-18H,1-5H3,(H,30,34)(H,31,35)/b2*24-18-,29-20+. The van der Waals surface area contributed by atoms with Gasteiger partial charge >= 0.3 is 0 Å². The maximum Gasteiger partial charge on any atom is 0.249 e. The quantitative estimate of drug-likeness (QED) is 0.0749. The first-order chi connectivity index (χ1) is 36.7. The highest BCUT2D eigenvalue weighted by Crippen LogP contribution is 2.32. The molecule has 0 aliphatic carbocycles. The van der Waals surface area contributed by atoms with Gasteiger partial charge in [0.1, 0.15) is 0 Å². The molecule has 4 aromatic carbocycles. The molecule has 0 amide bonds. The molecule has 4 aromatic heterocycles. The zero-order valence-corrected chi connectivity index (χ0v) is 44.2. The lowest BCUT2D eigenvalue weighted by Gasteiger charge is -2.28. The maximum absolute atomic E-state index is 4.78. The minimum atomic E-state index is 0.490. The SMILES string of the molecule is CC1=C/C(=C/C(C)=N/c2nc(Nc3ccccc3)nn2C)N(c2nc(Nc3ccccc3)nn2C)C(C)=C1.CC1=C/C(=C/C(C)=N/c2nc(Nc3ccccc3)nn2C)N(c2nc(Nc3ccccc3)nn2C)C(C)=C1. The number of rotatable bonds is 14. The van der Waals surface area contributed by atoms with Crippen LogP contribution < -0.4 is 31.1 Å². The van der Waals surface area contributed by atoms with E-state index in [0.717, 1.165) is 68.1 Å². The number of nitrogens with one attached hydrogen (secondary N) is 4. The number of aryl methyl sites for hydroxylation is 4. The van der Waals surface area contributed by atoms with E-state index < -0.39 is 0 Å². The van der Waals surface area contributed by atoms with Gasteiger partial charge in [-0.1, -0.05) is 72.8 Å². The van der Waals surface area contributed by atoms with Gasteiger partial charge in [0.05, 0.1) is 11.4 Å². The van der Waals surface area contributed by atoms with Crippen LogP contribution in [-0.4, -0.2) is 70.5 Å². The van der Waals surface area contributed by atoms with Crippen LogP contribution in [-0.2, 0) is 28.2 Å². The number of aromatic nitrogens is 12. The molecular weight excluding hydrogens is 953 g/mol. The maximum atomic E-state index is 4.78. The zero-order valence-electron chi connectivity index (χ0n) is 44.2. The predicted molar refractivity (Wildman–Crippen MR) is 305 cm³/mol. The summed E-state index contributed by atoms with van der Waals surface area (Å²) in [4.78, 5) is 32.3. The van der Waals surface area contributed by atoms with Crippen molar-refractivity contribution < 1.29 is 0 Å². The highest BCUT2D eigenvalue weighted by Gasteiger charge is 2.25. The fraction of sp³-hybridized carbons (Fsp3) is 0.179. The molecule has 76 heavy (non-hydrogen) atoms. The lowest BCUT2D eigenvalue weighted by Crippen LogP contribution is -2.25. The second kappa shape index (κ2) is 22.8. The molecular formula is C56H60N20. The Morgan fingerprint density at radius 1 is 0.395 bits per heavy atom. The Morgan fingerprint density at radius 3 is 1.00 bits per heavy atom. The van der Waals surface area contributed by atoms with Gasteiger partial charge in [0, 0.05) is 73.8 Å². The van der Waals surface area contributed by atoms with E-state index in [2.05, 4.69) is 113 Å². The smallest absolute Gasteiger partial charge is 0.249 e. The highest BCUT2D eigenvalue weighted by atomic mass is 15.5. The third-order valence-corrected chi connectivity index (χ3v) is 11.6. The molecule has 20 heteroatoms. The number of nitrogens with zero attached hydrogens (tertiary/aromatic N) is 16. The fourth-order valence-corrected chi connectivity index (χ4v) is 8.34. The van der Waals surface area contributed by atoms with Crippen molar-refractivity contribution in [2.75, 3.05) is 31.1 Å². The molecule has 2 aliphatic heterocycles. The number of para-hydroxylation sites is 4. The monoisotopic (exact) mass is 1010 g/mol. The van der Waals surface area contributed by atoms with E-state index in [0.29, 0.717) is 47.6 Å². The Hall–Kier alpha value is -9.98. The normalized spacial score (nSPS) is 14.9. The lowest BCUT2D eigenvalue weighted by atomic mass is 10.1. The number of aliphatic imine (C=N–C) groups is 2. The second-order valence-electron chi connectivity index (χ2n) is 18.1. The summed E-state index contributed by atoms with van der Waals surface area (Å²) in [6.07, 6.45) is 12.5. The van der Waals surface area contributed by atoms with Crippen molar-refractivity contribution in [1.29, 1.82) is 0 Å². The average Bonchev–Trinajstić information content (AvgIpc) is 4.14. The van der Waals surface area contributed by atoms with Crippen molar-refractivity contribution in [3.8, 4) is 0 Å². The first-order valence-electron chi connectivity index (χ1n) is 24.5. The summed E-state index contributed by atoms with van der Waals surface area (Å²) in [7, 11) is 7.42. The number of allylic oxidation sites excluding steroid dienone is 10. The Morgan fingerprint density at radius 2 is 0.684 bits per heavy atom. The molecule has 20 nitrogen and oxygen atoms in total. The van der Waals surface area contributed by atoms with Crippen molar-refractivity contribution in [2.24, 2.45) is 38.2 Å². The number of hydrogen-bond acceptors (Lipinski definition) is 16. The molecule has 6 heterocycles. The van der Waals surface area contributed by atoms with Crippen LogP contribution in [0.25, 0.3) is 0 Å². The summed E-state index contributed by atoms with van der Waals surface area (Å²) in [5.74, 6) is 4.40. The molecule has 384 valence electrons. The molecule has 0 saturated heterocycles. The number of hydrogen-bond donors (Lipinski definition) is 4. The molecule has 0 unspecified atom stereocenters. The van der Waals surface area contributed by atoms with Crippen LogP contribution in [0.3, 0.4) is 0 Å². The third kappa shape index (κ3) is 12.6. The topological polar surface area (TPSA) is 202 Å². The minimum absolute atomic E-state index is 0.490. The van der Waals surface area contributed by atoms with Crippen molar-refractivity contribution in [3.05, 3.63) is 192 Å². The highest BCUT2D eigenvalue weighted by molar-refractivity contribution is 5.97. The molecule has 0 bridgehead atoms. The lowest BCUT2D eigenvalue weighted by molar-refractivity contribution is 0.754. The van der Waals surface area contributed by atoms with Gasteiger partial charge in [0.15, 0.2) is 0 Å². The van der Waals surface area contributed by atoms with Crippen molar-refractivity contribution >= 4 is 81.8 Å². The molecule has 10 rings (SSSR count). The van der Waals surface area contributed by atoms with Crippen molar-refractivity contribution in [3.63, 3.8) is 0 Å². The molecule has 0 atom stereocenters. The van der Waals surface area contributed by atoms with E-state index >= 15 is 0 Å². The summed E-state index contributed by atoms with van der Waals surface area (Å²) in [5.41, 5.74) is 11.4. The van der Waals surface area contributed by atoms with Gasteiger partial charge in [-0.2, -0.15) is 19.9 Å². The van der Waals surface area contributed by atoms with E-state index in [4.69, 9.17) is 20.0 Å². The molecule has 2 aliphatic rings. The number of anilines is 10. The van der Waals surface area contributed by atoms with Gasteiger partial charge < -0.3 is 21.3 Å². The minimum Gasteiger partial charge on any atom is -0.323 e. The van der Waals surface area contributed by atoms with E-state index in [9.17, 15) is 0 Å². The van der Waals surface area contributed by atoms with Gasteiger partial charge in [0.2, 0.25) is 47.6 Å². The zero-order chi connectivity index (χ0) is 53.3. The van der Waals surface area contributed by atoms with Crippen LogP contribution >= 0.6 is 0 Å². The van der Waals surface area contributed by atoms with Crippen molar-refractivity contribution in [2.45, 2.75) is 41.5 Å². The first kappa shape index (κ1) is 50.9. The summed E-state index contributed by atoms with van der Waals surface area (Å²) < 4.78 is 6.84. The summed E-state index contributed by atoms with van der Waals surface area (Å²) >= 11 is 0. The Bertz CT molecular complexity index is 3350. The molecule has 4 N–H and O–H groups in total. The van der Waals surface area contributed by atoms with E-state index in [1.165, 1.54) is 0 Å². The molecule has 0 saturated carbocycles. The summed E-state index contributed by atoms with van der Waals surface area (Å²) in [6.45, 7) is 12.1. The van der Waals surface area contributed by atoms with Crippen LogP contribution in [0.2, 0.25) is 0 Å². The molecule has 8 aromatic rings. The van der Waals surface area contributed by atoms with E-state index in [-0.39, 0.29) is 0 Å². The van der Waals surface area contributed by atoms with Crippen LogP contribution in [0.5, 0.6) is 0 Å². The largest absolute Gasteiger partial charge is 0.323 e. The van der Waals surface area contributed by atoms with Gasteiger partial charge in [-0.05, 0) is 138 Å². The molecule has 0 radical (unpaired) electrons. The van der Waals surface area contributed by atoms with Gasteiger partial charge in [0.25, 0.3) is 0 Å². The molecule has 0 spiro atoms. The third-order valence-electron chi connectivity index (χ3n) is 11.6. The van der Waals surface area contributed by atoms with E-state index in [1.54, 1.807) is 18.7 Å². The second-order valence-corrected chi connectivity index (χ2v) is 18.1. The van der Waals surface area contributed by atoms with Crippen LogP contribution in [0.1, 0.15) is 41.5 Å². The Balaban J connectivity index is 0.000000186. The average molecular weight is 1010 g/mol. The number of benzene rings is 4. The van der Waals surface area contributed by atoms with Crippen LogP contribution in [0.15, 0.2) is 202 Å². The Kier molecular flexibility index (Phi) is 15.3. The van der Waals surface area contributed by atoms with Gasteiger partial charge in [-0.25, -0.2) is 28.7 Å². The van der Waals surface area contributed by atoms with Gasteiger partial charge in [-0.3, -0.25) is 9.80 Å². The molecule has 0 fully saturated rings. The van der Waals surface area contributed by atoms with Crippen LogP contribution in [0, 0.1) is 0 Å². The summed E-state index contributed by atoms with van der Waals surface area (Å²) in [5, 5.41) is 31.0. The predicted octanol–water partition coefficient (Wildman–Crippen LogP) is 11.6. The van der Waals surface area contributed by atoms with Gasteiger partial charge in [-0.15, -0.1) is 20.4 Å². The van der Waals surface area contributed by atoms with Crippen molar-refractivity contribution in [1.82, 2.24) is 59.1 Å².